The Labute approximate surface area is 180 Å². The van der Waals surface area contributed by atoms with Crippen LogP contribution >= 0.6 is 11.8 Å². The highest BCUT2D eigenvalue weighted by Crippen LogP contribution is 2.24. The molecule has 30 heavy (non-hydrogen) atoms. The molecule has 0 saturated heterocycles. The molecular weight excluding hydrogens is 394 g/mol. The van der Waals surface area contributed by atoms with E-state index in [1.807, 2.05) is 65.8 Å². The third-order valence-electron chi connectivity index (χ3n) is 5.14. The van der Waals surface area contributed by atoms with E-state index in [0.29, 0.717) is 0 Å². The zero-order valence-corrected chi connectivity index (χ0v) is 18.5. The monoisotopic (exact) mass is 419 g/mol. The maximum absolute atomic E-state index is 13.0. The van der Waals surface area contributed by atoms with Gasteiger partial charge in [0.15, 0.2) is 0 Å². The molecule has 0 aliphatic carbocycles. The van der Waals surface area contributed by atoms with Gasteiger partial charge in [0, 0.05) is 0 Å². The van der Waals surface area contributed by atoms with Gasteiger partial charge in [0.25, 0.3) is 0 Å². The van der Waals surface area contributed by atoms with Gasteiger partial charge in [0.05, 0.1) is 39.5 Å². The minimum Gasteiger partial charge on any atom is -0.321 e. The number of carbonyl (C=O) groups is 1. The van der Waals surface area contributed by atoms with Gasteiger partial charge in [-0.25, -0.2) is 9.67 Å². The largest absolute Gasteiger partial charge is 0.321 e. The van der Waals surface area contributed by atoms with Crippen molar-refractivity contribution in [2.75, 3.05) is 11.6 Å². The van der Waals surface area contributed by atoms with Gasteiger partial charge >= 0.3 is 0 Å². The van der Waals surface area contributed by atoms with Crippen molar-refractivity contribution in [3.8, 4) is 5.69 Å². The quantitative estimate of drug-likeness (QED) is 0.494. The molecule has 154 valence electrons. The van der Waals surface area contributed by atoms with E-state index in [9.17, 15) is 4.79 Å². The fourth-order valence-electron chi connectivity index (χ4n) is 3.62. The first-order chi connectivity index (χ1) is 14.5. The van der Waals surface area contributed by atoms with E-state index in [1.54, 1.807) is 11.8 Å². The summed E-state index contributed by atoms with van der Waals surface area (Å²) in [5.41, 5.74) is 6.52. The molecule has 1 N–H and O–H groups in total. The molecule has 0 saturated carbocycles. The van der Waals surface area contributed by atoms with E-state index in [-0.39, 0.29) is 12.5 Å². The van der Waals surface area contributed by atoms with Crippen LogP contribution < -0.4 is 5.32 Å². The summed E-state index contributed by atoms with van der Waals surface area (Å²) in [6, 6.07) is 16.1. The van der Waals surface area contributed by atoms with Crippen LogP contribution in [0, 0.1) is 20.8 Å². The number of aryl methyl sites for hydroxylation is 2. The number of nitrogens with one attached hydrogen (secondary N) is 1. The lowest BCUT2D eigenvalue weighted by Crippen LogP contribution is -2.20. The van der Waals surface area contributed by atoms with Gasteiger partial charge < -0.3 is 9.88 Å². The van der Waals surface area contributed by atoms with Gasteiger partial charge in [-0.3, -0.25) is 4.79 Å². The van der Waals surface area contributed by atoms with Crippen LogP contribution in [0.3, 0.4) is 0 Å². The summed E-state index contributed by atoms with van der Waals surface area (Å²) in [6.45, 7) is 6.16. The number of thioether (sulfide) groups is 1. The smallest absolute Gasteiger partial charge is 0.244 e. The van der Waals surface area contributed by atoms with Crippen molar-refractivity contribution in [1.82, 2.24) is 19.3 Å². The van der Waals surface area contributed by atoms with Crippen LogP contribution in [0.15, 0.2) is 48.5 Å². The predicted molar refractivity (Wildman–Crippen MR) is 123 cm³/mol. The van der Waals surface area contributed by atoms with Crippen molar-refractivity contribution in [3.63, 3.8) is 0 Å². The molecule has 0 fully saturated rings. The van der Waals surface area contributed by atoms with Crippen molar-refractivity contribution in [2.24, 2.45) is 0 Å². The predicted octanol–water partition coefficient (Wildman–Crippen LogP) is 4.65. The molecule has 2 heterocycles. The van der Waals surface area contributed by atoms with Gasteiger partial charge in [0.2, 0.25) is 5.91 Å². The van der Waals surface area contributed by atoms with Crippen LogP contribution in [-0.4, -0.2) is 31.5 Å². The summed E-state index contributed by atoms with van der Waals surface area (Å²) in [5.74, 6) is 1.57. The molecule has 0 aliphatic rings. The van der Waals surface area contributed by atoms with Crippen LogP contribution in [-0.2, 0) is 17.1 Å². The fourth-order valence-corrected chi connectivity index (χ4v) is 4.10. The minimum atomic E-state index is -0.0878. The Morgan fingerprint density at radius 3 is 2.53 bits per heavy atom. The molecule has 1 amide bonds. The molecule has 2 aromatic carbocycles. The maximum Gasteiger partial charge on any atom is 0.244 e. The van der Waals surface area contributed by atoms with E-state index in [2.05, 4.69) is 29.5 Å². The lowest BCUT2D eigenvalue weighted by molar-refractivity contribution is -0.116. The molecule has 0 bridgehead atoms. The van der Waals surface area contributed by atoms with Gasteiger partial charge in [-0.05, 0) is 51.3 Å². The standard InChI is InChI=1S/C23H25N5OS/c1-15-9-11-18(12-10-15)28-17(3)23(16(2)26-28)25-22(29)13-27-20-8-6-5-7-19(20)24-21(27)14-30-4/h5-12H,13-14H2,1-4H3,(H,25,29). The molecular formula is C23H25N5OS. The lowest BCUT2D eigenvalue weighted by atomic mass is 10.2. The molecule has 0 spiro atoms. The third-order valence-corrected chi connectivity index (χ3v) is 5.69. The highest BCUT2D eigenvalue weighted by atomic mass is 32.2. The molecule has 0 unspecified atom stereocenters. The van der Waals surface area contributed by atoms with E-state index < -0.39 is 0 Å². The average molecular weight is 420 g/mol. The van der Waals surface area contributed by atoms with Crippen LogP contribution in [0.25, 0.3) is 16.7 Å². The van der Waals surface area contributed by atoms with Gasteiger partial charge in [-0.1, -0.05) is 29.8 Å². The molecule has 0 radical (unpaired) electrons. The number of benzene rings is 2. The van der Waals surface area contributed by atoms with Gasteiger partial charge in [0.1, 0.15) is 12.4 Å². The summed E-state index contributed by atoms with van der Waals surface area (Å²) in [6.07, 6.45) is 2.04. The van der Waals surface area contributed by atoms with Crippen LogP contribution in [0.1, 0.15) is 22.8 Å². The number of aromatic nitrogens is 4. The zero-order chi connectivity index (χ0) is 21.3. The number of nitrogens with zero attached hydrogens (tertiary/aromatic N) is 4. The second kappa shape index (κ2) is 8.36. The summed E-state index contributed by atoms with van der Waals surface area (Å²) >= 11 is 1.69. The second-order valence-electron chi connectivity index (χ2n) is 7.38. The molecule has 2 aromatic heterocycles. The first-order valence-electron chi connectivity index (χ1n) is 9.84. The van der Waals surface area contributed by atoms with Crippen molar-refractivity contribution in [2.45, 2.75) is 33.1 Å². The summed E-state index contributed by atoms with van der Waals surface area (Å²) in [5, 5.41) is 7.71. The number of rotatable bonds is 6. The number of amides is 1. The number of hydrogen-bond acceptors (Lipinski definition) is 4. The Balaban J connectivity index is 1.60. The first kappa shape index (κ1) is 20.2. The van der Waals surface area contributed by atoms with Crippen LogP contribution in [0.4, 0.5) is 5.69 Å². The van der Waals surface area contributed by atoms with Crippen molar-refractivity contribution >= 4 is 34.4 Å². The third kappa shape index (κ3) is 3.85. The summed E-state index contributed by atoms with van der Waals surface area (Å²) in [7, 11) is 0. The number of carbonyl (C=O) groups excluding carboxylic acids is 1. The maximum atomic E-state index is 13.0. The molecule has 6 nitrogen and oxygen atoms in total. The minimum absolute atomic E-state index is 0.0878. The number of para-hydroxylation sites is 2. The lowest BCUT2D eigenvalue weighted by Gasteiger charge is -2.10. The Kier molecular flexibility index (Phi) is 5.63. The molecule has 0 atom stereocenters. The fraction of sp³-hybridized carbons (Fsp3) is 0.261. The molecule has 7 heteroatoms. The van der Waals surface area contributed by atoms with Crippen molar-refractivity contribution in [1.29, 1.82) is 0 Å². The number of hydrogen-bond donors (Lipinski definition) is 1. The van der Waals surface area contributed by atoms with Crippen molar-refractivity contribution in [3.05, 3.63) is 71.3 Å². The van der Waals surface area contributed by atoms with E-state index in [1.165, 1.54) is 5.56 Å². The highest BCUT2D eigenvalue weighted by Gasteiger charge is 2.18. The first-order valence-corrected chi connectivity index (χ1v) is 11.2. The Bertz CT molecular complexity index is 1210. The Morgan fingerprint density at radius 2 is 1.80 bits per heavy atom. The number of anilines is 1. The number of imidazole rings is 1. The normalized spacial score (nSPS) is 11.2. The summed E-state index contributed by atoms with van der Waals surface area (Å²) in [4.78, 5) is 17.7. The Hall–Kier alpha value is -3.06. The zero-order valence-electron chi connectivity index (χ0n) is 17.6. The summed E-state index contributed by atoms with van der Waals surface area (Å²) < 4.78 is 3.87. The van der Waals surface area contributed by atoms with E-state index >= 15 is 0 Å². The van der Waals surface area contributed by atoms with Crippen LogP contribution in [0.5, 0.6) is 0 Å². The molecule has 4 rings (SSSR count). The van der Waals surface area contributed by atoms with Crippen molar-refractivity contribution < 1.29 is 4.79 Å². The Morgan fingerprint density at radius 1 is 1.07 bits per heavy atom. The highest BCUT2D eigenvalue weighted by molar-refractivity contribution is 7.97. The molecule has 0 aliphatic heterocycles. The average Bonchev–Trinajstić information content (AvgIpc) is 3.21. The van der Waals surface area contributed by atoms with Gasteiger partial charge in [-0.15, -0.1) is 0 Å². The van der Waals surface area contributed by atoms with E-state index in [4.69, 9.17) is 4.98 Å². The topological polar surface area (TPSA) is 64.7 Å². The van der Waals surface area contributed by atoms with Gasteiger partial charge in [-0.2, -0.15) is 16.9 Å². The molecule has 4 aromatic rings. The number of fused-ring (bicyclic) bond motifs is 1. The second-order valence-corrected chi connectivity index (χ2v) is 8.24. The van der Waals surface area contributed by atoms with Crippen LogP contribution in [0.2, 0.25) is 0 Å². The SMILES string of the molecule is CSCc1nc2ccccc2n1CC(=O)Nc1c(C)nn(-c2ccc(C)cc2)c1C. The van der Waals surface area contributed by atoms with E-state index in [0.717, 1.165) is 45.4 Å².